The Balaban J connectivity index is 1.85. The lowest BCUT2D eigenvalue weighted by molar-refractivity contribution is 0.340. The van der Waals surface area contributed by atoms with Crippen LogP contribution in [0.1, 0.15) is 6.92 Å². The standard InChI is InChI=1S/C17H14N2OS/c1-2-20-13-7-5-6-12(10-13)14-11-19-15-8-3-4-9-16(15)21-17(19)18-14/h3-11H,2H2,1H3. The van der Waals surface area contributed by atoms with Crippen LogP contribution in [0.15, 0.2) is 54.7 Å². The van der Waals surface area contributed by atoms with Crippen molar-refractivity contribution in [3.05, 3.63) is 54.7 Å². The minimum absolute atomic E-state index is 0.673. The summed E-state index contributed by atoms with van der Waals surface area (Å²) in [5, 5.41) is 0. The van der Waals surface area contributed by atoms with Gasteiger partial charge in [-0.15, -0.1) is 0 Å². The van der Waals surface area contributed by atoms with E-state index in [-0.39, 0.29) is 0 Å². The van der Waals surface area contributed by atoms with Crippen LogP contribution < -0.4 is 4.74 Å². The molecule has 0 atom stereocenters. The molecule has 0 saturated carbocycles. The SMILES string of the molecule is CCOc1cccc(-c2cn3c(n2)sc2ccccc23)c1. The van der Waals surface area contributed by atoms with Crippen LogP contribution in [0.3, 0.4) is 0 Å². The smallest absolute Gasteiger partial charge is 0.195 e. The summed E-state index contributed by atoms with van der Waals surface area (Å²) in [4.78, 5) is 5.77. The lowest BCUT2D eigenvalue weighted by atomic mass is 10.1. The highest BCUT2D eigenvalue weighted by atomic mass is 32.1. The second-order valence-electron chi connectivity index (χ2n) is 4.81. The number of ether oxygens (including phenoxy) is 1. The molecule has 0 bridgehead atoms. The zero-order valence-corrected chi connectivity index (χ0v) is 12.4. The molecule has 2 heterocycles. The zero-order valence-electron chi connectivity index (χ0n) is 11.6. The van der Waals surface area contributed by atoms with Crippen molar-refractivity contribution in [2.24, 2.45) is 0 Å². The maximum absolute atomic E-state index is 5.56. The summed E-state index contributed by atoms with van der Waals surface area (Å²) in [5.74, 6) is 0.885. The topological polar surface area (TPSA) is 26.5 Å². The molecule has 4 heteroatoms. The fraction of sp³-hybridized carbons (Fsp3) is 0.118. The first-order valence-electron chi connectivity index (χ1n) is 6.95. The van der Waals surface area contributed by atoms with Crippen LogP contribution in [0.4, 0.5) is 0 Å². The van der Waals surface area contributed by atoms with Crippen molar-refractivity contribution in [2.75, 3.05) is 6.61 Å². The van der Waals surface area contributed by atoms with Crippen LogP contribution in [0, 0.1) is 0 Å². The Morgan fingerprint density at radius 2 is 2.05 bits per heavy atom. The maximum atomic E-state index is 5.56. The summed E-state index contributed by atoms with van der Waals surface area (Å²) in [6.45, 7) is 2.66. The highest BCUT2D eigenvalue weighted by molar-refractivity contribution is 7.23. The van der Waals surface area contributed by atoms with E-state index in [4.69, 9.17) is 9.72 Å². The molecule has 21 heavy (non-hydrogen) atoms. The van der Waals surface area contributed by atoms with Crippen molar-refractivity contribution in [3.8, 4) is 17.0 Å². The van der Waals surface area contributed by atoms with E-state index in [0.29, 0.717) is 6.61 Å². The third-order valence-electron chi connectivity index (χ3n) is 3.44. The molecule has 0 spiro atoms. The molecule has 0 aliphatic carbocycles. The second-order valence-corrected chi connectivity index (χ2v) is 5.82. The summed E-state index contributed by atoms with van der Waals surface area (Å²) in [6.07, 6.45) is 2.10. The second kappa shape index (κ2) is 4.90. The highest BCUT2D eigenvalue weighted by Gasteiger charge is 2.10. The molecule has 4 rings (SSSR count). The van der Waals surface area contributed by atoms with E-state index in [1.165, 1.54) is 10.2 Å². The molecule has 0 aliphatic rings. The number of para-hydroxylation sites is 1. The van der Waals surface area contributed by atoms with E-state index in [2.05, 4.69) is 40.9 Å². The number of imidazole rings is 1. The molecule has 2 aromatic heterocycles. The molecule has 0 N–H and O–H groups in total. The van der Waals surface area contributed by atoms with Gasteiger partial charge in [-0.25, -0.2) is 4.98 Å². The van der Waals surface area contributed by atoms with Gasteiger partial charge in [0, 0.05) is 11.8 Å². The van der Waals surface area contributed by atoms with Crippen molar-refractivity contribution >= 4 is 26.5 Å². The predicted molar refractivity (Wildman–Crippen MR) is 87.2 cm³/mol. The molecular formula is C17H14N2OS. The van der Waals surface area contributed by atoms with E-state index >= 15 is 0 Å². The quantitative estimate of drug-likeness (QED) is 0.551. The van der Waals surface area contributed by atoms with Gasteiger partial charge in [-0.1, -0.05) is 35.6 Å². The third kappa shape index (κ3) is 2.08. The molecule has 0 fully saturated rings. The number of thiazole rings is 1. The molecule has 2 aromatic carbocycles. The predicted octanol–water partition coefficient (Wildman–Crippen LogP) is 4.61. The molecule has 3 nitrogen and oxygen atoms in total. The van der Waals surface area contributed by atoms with Crippen LogP contribution in [0.2, 0.25) is 0 Å². The van der Waals surface area contributed by atoms with Crippen LogP contribution >= 0.6 is 11.3 Å². The lowest BCUT2D eigenvalue weighted by Gasteiger charge is -2.03. The fourth-order valence-electron chi connectivity index (χ4n) is 2.50. The number of benzene rings is 2. The number of rotatable bonds is 3. The van der Waals surface area contributed by atoms with Gasteiger partial charge in [0.05, 0.1) is 22.5 Å². The first kappa shape index (κ1) is 12.4. The maximum Gasteiger partial charge on any atom is 0.195 e. The van der Waals surface area contributed by atoms with Crippen LogP contribution in [-0.2, 0) is 0 Å². The van der Waals surface area contributed by atoms with E-state index in [1.54, 1.807) is 11.3 Å². The van der Waals surface area contributed by atoms with Gasteiger partial charge in [-0.2, -0.15) is 0 Å². The normalized spacial score (nSPS) is 11.3. The number of fused-ring (bicyclic) bond motifs is 3. The Hall–Kier alpha value is -2.33. The van der Waals surface area contributed by atoms with Crippen LogP contribution in [0.25, 0.3) is 26.4 Å². The highest BCUT2D eigenvalue weighted by Crippen LogP contribution is 2.30. The number of hydrogen-bond acceptors (Lipinski definition) is 3. The van der Waals surface area contributed by atoms with Crippen molar-refractivity contribution in [2.45, 2.75) is 6.92 Å². The Morgan fingerprint density at radius 1 is 1.14 bits per heavy atom. The van der Waals surface area contributed by atoms with Gasteiger partial charge in [0.1, 0.15) is 5.75 Å². The summed E-state index contributed by atoms with van der Waals surface area (Å²) >= 11 is 1.71. The van der Waals surface area contributed by atoms with E-state index in [0.717, 1.165) is 22.0 Å². The third-order valence-corrected chi connectivity index (χ3v) is 4.48. The van der Waals surface area contributed by atoms with E-state index < -0.39 is 0 Å². The average Bonchev–Trinajstić information content (AvgIpc) is 3.05. The Morgan fingerprint density at radius 3 is 2.95 bits per heavy atom. The Labute approximate surface area is 126 Å². The number of hydrogen-bond donors (Lipinski definition) is 0. The number of nitrogens with zero attached hydrogens (tertiary/aromatic N) is 2. The summed E-state index contributed by atoms with van der Waals surface area (Å²) in [6, 6.07) is 16.5. The zero-order chi connectivity index (χ0) is 14.2. The van der Waals surface area contributed by atoms with Crippen LogP contribution in [-0.4, -0.2) is 16.0 Å². The van der Waals surface area contributed by atoms with Gasteiger partial charge in [-0.05, 0) is 31.2 Å². The minimum atomic E-state index is 0.673. The molecule has 104 valence electrons. The van der Waals surface area contributed by atoms with Gasteiger partial charge in [0.2, 0.25) is 0 Å². The van der Waals surface area contributed by atoms with Gasteiger partial charge in [0.25, 0.3) is 0 Å². The molecule has 0 unspecified atom stereocenters. The minimum Gasteiger partial charge on any atom is -0.494 e. The van der Waals surface area contributed by atoms with E-state index in [1.807, 2.05) is 25.1 Å². The first-order chi connectivity index (χ1) is 10.3. The van der Waals surface area contributed by atoms with Gasteiger partial charge in [-0.3, -0.25) is 4.40 Å². The average molecular weight is 294 g/mol. The molecule has 0 radical (unpaired) electrons. The summed E-state index contributed by atoms with van der Waals surface area (Å²) < 4.78 is 8.98. The molecule has 0 aliphatic heterocycles. The van der Waals surface area contributed by atoms with Crippen molar-refractivity contribution < 1.29 is 4.74 Å². The first-order valence-corrected chi connectivity index (χ1v) is 7.76. The molecule has 4 aromatic rings. The van der Waals surface area contributed by atoms with Gasteiger partial charge < -0.3 is 4.74 Å². The molecule has 0 saturated heterocycles. The largest absolute Gasteiger partial charge is 0.494 e. The van der Waals surface area contributed by atoms with Crippen molar-refractivity contribution in [1.29, 1.82) is 0 Å². The van der Waals surface area contributed by atoms with Crippen LogP contribution in [0.5, 0.6) is 5.75 Å². The van der Waals surface area contributed by atoms with Gasteiger partial charge >= 0.3 is 0 Å². The number of aromatic nitrogens is 2. The van der Waals surface area contributed by atoms with Crippen molar-refractivity contribution in [1.82, 2.24) is 9.38 Å². The monoisotopic (exact) mass is 294 g/mol. The fourth-order valence-corrected chi connectivity index (χ4v) is 3.51. The Bertz CT molecular complexity index is 923. The molecule has 0 amide bonds. The van der Waals surface area contributed by atoms with Gasteiger partial charge in [0.15, 0.2) is 4.96 Å². The summed E-state index contributed by atoms with van der Waals surface area (Å²) in [7, 11) is 0. The van der Waals surface area contributed by atoms with E-state index in [9.17, 15) is 0 Å². The Kier molecular flexibility index (Phi) is 2.89. The molecular weight excluding hydrogens is 280 g/mol. The van der Waals surface area contributed by atoms with Crippen molar-refractivity contribution in [3.63, 3.8) is 0 Å². The lowest BCUT2D eigenvalue weighted by Crippen LogP contribution is -1.91. The summed E-state index contributed by atoms with van der Waals surface area (Å²) in [5.41, 5.74) is 3.27.